The van der Waals surface area contributed by atoms with Crippen molar-refractivity contribution in [2.75, 3.05) is 13.2 Å². The number of benzene rings is 1. The van der Waals surface area contributed by atoms with Gasteiger partial charge in [0.2, 0.25) is 5.91 Å². The highest BCUT2D eigenvalue weighted by Gasteiger charge is 2.31. The molecule has 0 bridgehead atoms. The number of ether oxygens (including phenoxy) is 1. The number of non-ortho nitro benzene ring substituents is 1. The summed E-state index contributed by atoms with van der Waals surface area (Å²) in [5.74, 6) is -0.176. The van der Waals surface area contributed by atoms with Crippen LogP contribution in [-0.2, 0) is 4.79 Å². The number of likely N-dealkylation sites (N-methyl/N-ethyl adjacent to an activating group) is 1. The fourth-order valence-corrected chi connectivity index (χ4v) is 3.00. The minimum atomic E-state index is -1.03. The second-order valence-corrected chi connectivity index (χ2v) is 6.22. The monoisotopic (exact) mass is 423 g/mol. The molecule has 0 aliphatic heterocycles. The predicted molar refractivity (Wildman–Crippen MR) is 85.3 cm³/mol. The van der Waals surface area contributed by atoms with Crippen LogP contribution in [-0.4, -0.2) is 29.5 Å². The van der Waals surface area contributed by atoms with E-state index in [0.717, 1.165) is 0 Å². The number of nitrogens with two attached hydrogens (primary N) is 1. The molecule has 3 N–H and O–H groups in total. The SMILES string of the molecule is CCNC(C)(COc1c(Br)cc([N+](=O)[O-])cc1Br)C(N)=O. The molecule has 1 unspecified atom stereocenters. The number of nitrogens with one attached hydrogen (secondary N) is 1. The van der Waals surface area contributed by atoms with Crippen molar-refractivity contribution in [1.82, 2.24) is 5.32 Å². The summed E-state index contributed by atoms with van der Waals surface area (Å²) in [5.41, 5.74) is 4.26. The van der Waals surface area contributed by atoms with E-state index in [1.807, 2.05) is 6.92 Å². The van der Waals surface area contributed by atoms with Crippen LogP contribution in [0.2, 0.25) is 0 Å². The third kappa shape index (κ3) is 4.39. The fourth-order valence-electron chi connectivity index (χ4n) is 1.61. The molecule has 1 atom stereocenters. The maximum absolute atomic E-state index is 11.5. The highest BCUT2D eigenvalue weighted by Crippen LogP contribution is 2.37. The Labute approximate surface area is 138 Å². The molecule has 0 heterocycles. The van der Waals surface area contributed by atoms with Gasteiger partial charge in [-0.1, -0.05) is 6.92 Å². The Morgan fingerprint density at radius 3 is 2.38 bits per heavy atom. The van der Waals surface area contributed by atoms with Crippen LogP contribution in [0.4, 0.5) is 5.69 Å². The molecule has 1 aromatic carbocycles. The summed E-state index contributed by atoms with van der Waals surface area (Å²) in [6.07, 6.45) is 0. The van der Waals surface area contributed by atoms with Gasteiger partial charge >= 0.3 is 0 Å². The van der Waals surface area contributed by atoms with Gasteiger partial charge in [0.1, 0.15) is 17.9 Å². The van der Waals surface area contributed by atoms with Crippen LogP contribution in [0.5, 0.6) is 5.75 Å². The number of nitro groups is 1. The summed E-state index contributed by atoms with van der Waals surface area (Å²) in [6, 6.07) is 2.66. The van der Waals surface area contributed by atoms with Crippen molar-refractivity contribution < 1.29 is 14.5 Å². The molecular weight excluding hydrogens is 410 g/mol. The minimum Gasteiger partial charge on any atom is -0.489 e. The zero-order valence-electron chi connectivity index (χ0n) is 11.5. The molecule has 0 aliphatic carbocycles. The van der Waals surface area contributed by atoms with Gasteiger partial charge in [-0.05, 0) is 45.3 Å². The second-order valence-electron chi connectivity index (χ2n) is 4.51. The molecule has 1 rings (SSSR count). The average Bonchev–Trinajstić information content (AvgIpc) is 2.37. The van der Waals surface area contributed by atoms with Gasteiger partial charge in [-0.3, -0.25) is 14.9 Å². The Morgan fingerprint density at radius 1 is 1.48 bits per heavy atom. The molecule has 0 saturated carbocycles. The minimum absolute atomic E-state index is 0.00875. The van der Waals surface area contributed by atoms with E-state index in [-0.39, 0.29) is 12.3 Å². The van der Waals surface area contributed by atoms with Crippen LogP contribution in [0.15, 0.2) is 21.1 Å². The number of rotatable bonds is 7. The summed E-state index contributed by atoms with van der Waals surface area (Å²) in [6.45, 7) is 4.02. The lowest BCUT2D eigenvalue weighted by molar-refractivity contribution is -0.385. The van der Waals surface area contributed by atoms with Crippen molar-refractivity contribution in [1.29, 1.82) is 0 Å². The fraction of sp³-hybridized carbons (Fsp3) is 0.417. The van der Waals surface area contributed by atoms with E-state index in [1.165, 1.54) is 12.1 Å². The molecular formula is C12H15Br2N3O4. The molecule has 1 aromatic rings. The van der Waals surface area contributed by atoms with Crippen molar-refractivity contribution in [2.24, 2.45) is 5.73 Å². The number of halogens is 2. The standard InChI is InChI=1S/C12H15Br2N3O4/c1-3-16-12(2,11(15)18)6-21-10-8(13)4-7(17(19)20)5-9(10)14/h4-5,16H,3,6H2,1-2H3,(H2,15,18). The predicted octanol–water partition coefficient (Wildman–Crippen LogP) is 2.35. The number of hydrogen-bond donors (Lipinski definition) is 2. The molecule has 0 aromatic heterocycles. The van der Waals surface area contributed by atoms with Gasteiger partial charge in [0.15, 0.2) is 0 Å². The topological polar surface area (TPSA) is 107 Å². The van der Waals surface area contributed by atoms with E-state index in [0.29, 0.717) is 21.2 Å². The summed E-state index contributed by atoms with van der Waals surface area (Å²) >= 11 is 6.43. The number of carbonyl (C=O) groups excluding carboxylic acids is 1. The van der Waals surface area contributed by atoms with E-state index in [9.17, 15) is 14.9 Å². The molecule has 0 saturated heterocycles. The lowest BCUT2D eigenvalue weighted by atomic mass is 10.0. The van der Waals surface area contributed by atoms with Crippen LogP contribution in [0, 0.1) is 10.1 Å². The molecule has 21 heavy (non-hydrogen) atoms. The third-order valence-corrected chi connectivity index (χ3v) is 3.99. The van der Waals surface area contributed by atoms with Crippen LogP contribution >= 0.6 is 31.9 Å². The van der Waals surface area contributed by atoms with Crippen molar-refractivity contribution in [3.05, 3.63) is 31.2 Å². The Hall–Kier alpha value is -1.19. The van der Waals surface area contributed by atoms with E-state index in [2.05, 4.69) is 37.2 Å². The molecule has 0 spiro atoms. The second kappa shape index (κ2) is 7.19. The summed E-state index contributed by atoms with van der Waals surface area (Å²) in [7, 11) is 0. The molecule has 116 valence electrons. The smallest absolute Gasteiger partial charge is 0.271 e. The summed E-state index contributed by atoms with van der Waals surface area (Å²) in [5, 5.41) is 13.7. The van der Waals surface area contributed by atoms with Crippen LogP contribution in [0.1, 0.15) is 13.8 Å². The summed E-state index contributed by atoms with van der Waals surface area (Å²) in [4.78, 5) is 21.8. The zero-order valence-corrected chi connectivity index (χ0v) is 14.7. The van der Waals surface area contributed by atoms with Gasteiger partial charge in [-0.2, -0.15) is 0 Å². The molecule has 1 amide bonds. The van der Waals surface area contributed by atoms with Gasteiger partial charge in [0.05, 0.1) is 13.9 Å². The average molecular weight is 425 g/mol. The van der Waals surface area contributed by atoms with Crippen LogP contribution < -0.4 is 15.8 Å². The maximum atomic E-state index is 11.5. The Bertz CT molecular complexity index is 544. The number of carbonyl (C=O) groups is 1. The van der Waals surface area contributed by atoms with Crippen molar-refractivity contribution in [3.63, 3.8) is 0 Å². The third-order valence-electron chi connectivity index (χ3n) is 2.81. The maximum Gasteiger partial charge on any atom is 0.271 e. The molecule has 0 radical (unpaired) electrons. The van der Waals surface area contributed by atoms with Crippen LogP contribution in [0.25, 0.3) is 0 Å². The first-order chi connectivity index (χ1) is 9.71. The van der Waals surface area contributed by atoms with Gasteiger partial charge in [-0.25, -0.2) is 0 Å². The van der Waals surface area contributed by atoms with Gasteiger partial charge < -0.3 is 15.8 Å². The van der Waals surface area contributed by atoms with Gasteiger partial charge in [0, 0.05) is 12.1 Å². The van der Waals surface area contributed by atoms with Gasteiger partial charge in [-0.15, -0.1) is 0 Å². The number of hydrogen-bond acceptors (Lipinski definition) is 5. The number of nitrogens with zero attached hydrogens (tertiary/aromatic N) is 1. The Morgan fingerprint density at radius 2 is 2.00 bits per heavy atom. The first-order valence-corrected chi connectivity index (χ1v) is 7.61. The van der Waals surface area contributed by atoms with E-state index in [1.54, 1.807) is 6.92 Å². The zero-order chi connectivity index (χ0) is 16.2. The van der Waals surface area contributed by atoms with Crippen molar-refractivity contribution in [3.8, 4) is 5.75 Å². The van der Waals surface area contributed by atoms with Crippen molar-refractivity contribution >= 4 is 43.5 Å². The lowest BCUT2D eigenvalue weighted by Crippen LogP contribution is -2.57. The van der Waals surface area contributed by atoms with E-state index < -0.39 is 16.4 Å². The lowest BCUT2D eigenvalue weighted by Gasteiger charge is -2.27. The highest BCUT2D eigenvalue weighted by molar-refractivity contribution is 9.11. The molecule has 0 fully saturated rings. The van der Waals surface area contributed by atoms with Crippen molar-refractivity contribution in [2.45, 2.75) is 19.4 Å². The number of nitro benzene ring substituents is 1. The first kappa shape index (κ1) is 17.9. The molecule has 7 nitrogen and oxygen atoms in total. The van der Waals surface area contributed by atoms with Gasteiger partial charge in [0.25, 0.3) is 5.69 Å². The van der Waals surface area contributed by atoms with E-state index >= 15 is 0 Å². The number of amides is 1. The summed E-state index contributed by atoms with van der Waals surface area (Å²) < 4.78 is 6.42. The largest absolute Gasteiger partial charge is 0.489 e. The first-order valence-electron chi connectivity index (χ1n) is 6.02. The van der Waals surface area contributed by atoms with Crippen LogP contribution in [0.3, 0.4) is 0 Å². The Balaban J connectivity index is 2.98. The Kier molecular flexibility index (Phi) is 6.11. The normalized spacial score (nSPS) is 13.5. The molecule has 9 heteroatoms. The quantitative estimate of drug-likeness (QED) is 0.516. The van der Waals surface area contributed by atoms with E-state index in [4.69, 9.17) is 10.5 Å². The number of primary amides is 1. The molecule has 0 aliphatic rings. The highest BCUT2D eigenvalue weighted by atomic mass is 79.9.